The van der Waals surface area contributed by atoms with Gasteiger partial charge in [0.15, 0.2) is 5.75 Å². The van der Waals surface area contributed by atoms with Crippen molar-refractivity contribution in [1.82, 2.24) is 10.6 Å². The zero-order chi connectivity index (χ0) is 18.1. The molecule has 130 valence electrons. The van der Waals surface area contributed by atoms with E-state index in [9.17, 15) is 14.7 Å². The van der Waals surface area contributed by atoms with Gasteiger partial charge >= 0.3 is 6.03 Å². The maximum atomic E-state index is 11.7. The fraction of sp³-hybridized carbons (Fsp3) is 0.125. The Bertz CT molecular complexity index is 852. The molecule has 0 aromatic heterocycles. The highest BCUT2D eigenvalue weighted by Crippen LogP contribution is 2.35. The summed E-state index contributed by atoms with van der Waals surface area (Å²) in [6, 6.07) is 7.74. The Hall–Kier alpha value is -1.08. The number of benzene rings is 2. The van der Waals surface area contributed by atoms with E-state index in [0.717, 1.165) is 12.7 Å². The van der Waals surface area contributed by atoms with Crippen molar-refractivity contribution in [2.24, 2.45) is 0 Å². The van der Waals surface area contributed by atoms with Gasteiger partial charge in [0.1, 0.15) is 17.5 Å². The number of phenolic OH excluding ortho intramolecular Hbond substituents is 1. The third kappa shape index (κ3) is 4.37. The molecule has 3 N–H and O–H groups in total. The minimum absolute atomic E-state index is 0.143. The lowest BCUT2D eigenvalue weighted by molar-refractivity contribution is -0.120. The van der Waals surface area contributed by atoms with Gasteiger partial charge in [0.2, 0.25) is 0 Å². The number of carbonyl (C=O) groups excluding carboxylic acids is 2. The molecule has 1 heterocycles. The fourth-order valence-corrected chi connectivity index (χ4v) is 4.81. The molecule has 0 bridgehead atoms. The van der Waals surface area contributed by atoms with Gasteiger partial charge in [-0.05, 0) is 97.0 Å². The third-order valence-electron chi connectivity index (χ3n) is 3.50. The molecule has 2 aromatic rings. The molecule has 0 spiro atoms. The maximum Gasteiger partial charge on any atom is 0.322 e. The molecular formula is C16H11BrI2N2O4. The number of hydrogen-bond donors (Lipinski definition) is 3. The van der Waals surface area contributed by atoms with E-state index < -0.39 is 12.1 Å². The molecule has 9 heteroatoms. The first kappa shape index (κ1) is 18.7. The normalized spacial score (nSPS) is 16.5. The van der Waals surface area contributed by atoms with Crippen LogP contribution in [-0.2, 0) is 11.2 Å². The second kappa shape index (κ2) is 7.66. The van der Waals surface area contributed by atoms with Crippen molar-refractivity contribution < 1.29 is 19.4 Å². The highest BCUT2D eigenvalue weighted by Gasteiger charge is 2.29. The number of amides is 3. The predicted octanol–water partition coefficient (Wildman–Crippen LogP) is 3.91. The van der Waals surface area contributed by atoms with Crippen LogP contribution in [0.5, 0.6) is 17.2 Å². The van der Waals surface area contributed by atoms with E-state index >= 15 is 0 Å². The summed E-state index contributed by atoms with van der Waals surface area (Å²) >= 11 is 7.60. The second-order valence-electron chi connectivity index (χ2n) is 5.32. The molecule has 1 unspecified atom stereocenters. The summed E-state index contributed by atoms with van der Waals surface area (Å²) in [5.74, 6) is 1.12. The number of ether oxygens (including phenoxy) is 1. The number of phenols is 1. The van der Waals surface area contributed by atoms with Crippen molar-refractivity contribution in [2.75, 3.05) is 0 Å². The van der Waals surface area contributed by atoms with Gasteiger partial charge in [-0.15, -0.1) is 0 Å². The summed E-state index contributed by atoms with van der Waals surface area (Å²) in [6.45, 7) is 0. The van der Waals surface area contributed by atoms with Crippen LogP contribution in [0.2, 0.25) is 0 Å². The number of urea groups is 1. The summed E-state index contributed by atoms with van der Waals surface area (Å²) in [5, 5.41) is 14.4. The number of imide groups is 1. The van der Waals surface area contributed by atoms with Gasteiger partial charge in [-0.1, -0.05) is 0 Å². The van der Waals surface area contributed by atoms with Gasteiger partial charge in [-0.3, -0.25) is 10.1 Å². The van der Waals surface area contributed by atoms with Crippen LogP contribution < -0.4 is 15.4 Å². The number of aromatic hydroxyl groups is 1. The molecule has 0 radical (unpaired) electrons. The molecule has 6 nitrogen and oxygen atoms in total. The van der Waals surface area contributed by atoms with Crippen LogP contribution >= 0.6 is 61.1 Å². The smallest absolute Gasteiger partial charge is 0.322 e. The first-order chi connectivity index (χ1) is 11.8. The van der Waals surface area contributed by atoms with Gasteiger partial charge < -0.3 is 15.2 Å². The minimum Gasteiger partial charge on any atom is -0.507 e. The topological polar surface area (TPSA) is 87.7 Å². The van der Waals surface area contributed by atoms with Crippen LogP contribution in [-0.4, -0.2) is 23.1 Å². The lowest BCUT2D eigenvalue weighted by Gasteiger charge is -2.14. The van der Waals surface area contributed by atoms with Gasteiger partial charge in [-0.2, -0.15) is 0 Å². The van der Waals surface area contributed by atoms with E-state index in [0.29, 0.717) is 22.4 Å². The van der Waals surface area contributed by atoms with Crippen LogP contribution in [0.3, 0.4) is 0 Å². The van der Waals surface area contributed by atoms with Gasteiger partial charge in [0, 0.05) is 6.42 Å². The van der Waals surface area contributed by atoms with E-state index in [-0.39, 0.29) is 11.7 Å². The highest BCUT2D eigenvalue weighted by molar-refractivity contribution is 14.1. The Morgan fingerprint density at radius 1 is 1.16 bits per heavy atom. The van der Waals surface area contributed by atoms with E-state index in [2.05, 4.69) is 71.7 Å². The third-order valence-corrected chi connectivity index (χ3v) is 5.73. The zero-order valence-electron chi connectivity index (χ0n) is 12.5. The van der Waals surface area contributed by atoms with Crippen LogP contribution in [0.25, 0.3) is 0 Å². The molecule has 1 aliphatic heterocycles. The molecule has 1 aliphatic rings. The number of halogens is 3. The molecule has 25 heavy (non-hydrogen) atoms. The Morgan fingerprint density at radius 3 is 2.40 bits per heavy atom. The molecule has 1 atom stereocenters. The van der Waals surface area contributed by atoms with Crippen LogP contribution in [0.4, 0.5) is 4.79 Å². The van der Waals surface area contributed by atoms with Crippen molar-refractivity contribution in [2.45, 2.75) is 12.5 Å². The Morgan fingerprint density at radius 2 is 1.84 bits per heavy atom. The summed E-state index contributed by atoms with van der Waals surface area (Å²) in [4.78, 5) is 22.9. The van der Waals surface area contributed by atoms with Gasteiger partial charge in [0.25, 0.3) is 5.91 Å². The first-order valence-corrected chi connectivity index (χ1v) is 10.0. The van der Waals surface area contributed by atoms with Crippen LogP contribution in [0, 0.1) is 7.14 Å². The van der Waals surface area contributed by atoms with E-state index in [1.54, 1.807) is 18.2 Å². The molecular weight excluding hydrogens is 618 g/mol. The molecule has 3 rings (SSSR count). The molecule has 3 amide bonds. The quantitative estimate of drug-likeness (QED) is 0.354. The van der Waals surface area contributed by atoms with Gasteiger partial charge in [0.05, 0.1) is 11.6 Å². The standard InChI is InChI=1S/C16H11BrI2N2O4/c17-9-6-8(1-2-13(9)22)25-14-10(18)3-7(4-11(14)19)5-12-15(23)21-16(24)20-12/h1-4,6,12,22H,5H2,(H2,20,21,23,24). The lowest BCUT2D eigenvalue weighted by atomic mass is 10.1. The molecule has 0 aliphatic carbocycles. The van der Waals surface area contributed by atoms with E-state index in [1.165, 1.54) is 0 Å². The summed E-state index contributed by atoms with van der Waals surface area (Å²) in [5.41, 5.74) is 0.926. The van der Waals surface area contributed by atoms with Crippen molar-refractivity contribution in [3.63, 3.8) is 0 Å². The fourth-order valence-electron chi connectivity index (χ4n) is 2.34. The average Bonchev–Trinajstić information content (AvgIpc) is 2.84. The van der Waals surface area contributed by atoms with Crippen LogP contribution in [0.15, 0.2) is 34.8 Å². The Labute approximate surface area is 179 Å². The lowest BCUT2D eigenvalue weighted by Crippen LogP contribution is -2.31. The Balaban J connectivity index is 1.81. The second-order valence-corrected chi connectivity index (χ2v) is 8.50. The molecule has 2 aromatic carbocycles. The van der Waals surface area contributed by atoms with Gasteiger partial charge in [-0.25, -0.2) is 4.79 Å². The van der Waals surface area contributed by atoms with E-state index in [1.807, 2.05) is 12.1 Å². The minimum atomic E-state index is -0.557. The predicted molar refractivity (Wildman–Crippen MR) is 112 cm³/mol. The monoisotopic (exact) mass is 628 g/mol. The van der Waals surface area contributed by atoms with E-state index in [4.69, 9.17) is 4.74 Å². The number of rotatable bonds is 4. The highest BCUT2D eigenvalue weighted by atomic mass is 127. The zero-order valence-corrected chi connectivity index (χ0v) is 18.4. The SMILES string of the molecule is O=C1NC(=O)C(Cc2cc(I)c(Oc3ccc(O)c(Br)c3)c(I)c2)N1. The van der Waals surface area contributed by atoms with Crippen molar-refractivity contribution >= 4 is 73.0 Å². The Kier molecular flexibility index (Phi) is 5.73. The molecule has 0 saturated carbocycles. The maximum absolute atomic E-state index is 11.7. The number of hydrogen-bond acceptors (Lipinski definition) is 4. The van der Waals surface area contributed by atoms with Crippen molar-refractivity contribution in [1.29, 1.82) is 0 Å². The average molecular weight is 629 g/mol. The summed E-state index contributed by atoms with van der Waals surface area (Å²) < 4.78 is 8.25. The van der Waals surface area contributed by atoms with Crippen molar-refractivity contribution in [3.8, 4) is 17.2 Å². The first-order valence-electron chi connectivity index (χ1n) is 7.09. The number of carbonyl (C=O) groups is 2. The summed E-state index contributed by atoms with van der Waals surface area (Å²) in [7, 11) is 0. The summed E-state index contributed by atoms with van der Waals surface area (Å²) in [6.07, 6.45) is 0.411. The number of nitrogens with one attached hydrogen (secondary N) is 2. The van der Waals surface area contributed by atoms with Crippen molar-refractivity contribution in [3.05, 3.63) is 47.5 Å². The van der Waals surface area contributed by atoms with Crippen LogP contribution in [0.1, 0.15) is 5.56 Å². The molecule has 1 saturated heterocycles. The largest absolute Gasteiger partial charge is 0.507 e. The molecule has 1 fully saturated rings.